The third-order valence-electron chi connectivity index (χ3n) is 6.96. The molecule has 1 aliphatic rings. The van der Waals surface area contributed by atoms with Crippen LogP contribution in [0.1, 0.15) is 37.6 Å². The van der Waals surface area contributed by atoms with Gasteiger partial charge >= 0.3 is 5.97 Å². The summed E-state index contributed by atoms with van der Waals surface area (Å²) >= 11 is 0. The van der Waals surface area contributed by atoms with Crippen molar-refractivity contribution in [2.45, 2.75) is 44.4 Å². The van der Waals surface area contributed by atoms with Gasteiger partial charge in [-0.05, 0) is 33.1 Å². The number of aliphatic hydroxyl groups excluding tert-OH is 1. The first-order chi connectivity index (χ1) is 16.7. The number of rotatable bonds is 7. The number of aliphatic hydroxyl groups is 1. The van der Waals surface area contributed by atoms with E-state index in [1.807, 2.05) is 30.3 Å². The molecule has 3 aromatic carbocycles. The van der Waals surface area contributed by atoms with Crippen LogP contribution < -0.4 is 10.4 Å². The minimum Gasteiger partial charge on any atom is -0.461 e. The summed E-state index contributed by atoms with van der Waals surface area (Å²) in [4.78, 5) is 12.6. The smallest absolute Gasteiger partial charge is 0.338 e. The number of esters is 1. The summed E-state index contributed by atoms with van der Waals surface area (Å²) in [5.74, 6) is -0.678. The summed E-state index contributed by atoms with van der Waals surface area (Å²) < 4.78 is 13.0. The van der Waals surface area contributed by atoms with Gasteiger partial charge in [-0.1, -0.05) is 106 Å². The minimum atomic E-state index is -2.83. The van der Waals surface area contributed by atoms with E-state index in [1.54, 1.807) is 12.1 Å². The molecule has 0 unspecified atom stereocenters. The van der Waals surface area contributed by atoms with Crippen LogP contribution in [0.5, 0.6) is 0 Å². The Balaban J connectivity index is 1.69. The van der Waals surface area contributed by atoms with Gasteiger partial charge in [0.25, 0.3) is 8.32 Å². The fraction of sp³-hybridized carbons (Fsp3) is 0.300. The molecule has 0 amide bonds. The second kappa shape index (κ2) is 10.3. The second-order valence-corrected chi connectivity index (χ2v) is 14.5. The Hall–Kier alpha value is -2.99. The van der Waals surface area contributed by atoms with Crippen LogP contribution >= 0.6 is 0 Å². The van der Waals surface area contributed by atoms with Gasteiger partial charge in [0.05, 0.1) is 17.8 Å². The molecule has 35 heavy (non-hydrogen) atoms. The Labute approximate surface area is 209 Å². The summed E-state index contributed by atoms with van der Waals surface area (Å²) in [6.07, 6.45) is -0.595. The van der Waals surface area contributed by atoms with Crippen molar-refractivity contribution in [3.8, 4) is 0 Å². The van der Waals surface area contributed by atoms with Gasteiger partial charge in [0, 0.05) is 12.3 Å². The van der Waals surface area contributed by atoms with Gasteiger partial charge in [0.1, 0.15) is 6.61 Å². The number of hydrogen-bond donors (Lipinski definition) is 1. The van der Waals surface area contributed by atoms with Gasteiger partial charge < -0.3 is 14.3 Å². The van der Waals surface area contributed by atoms with Crippen molar-refractivity contribution in [3.63, 3.8) is 0 Å². The Morgan fingerprint density at radius 3 is 1.89 bits per heavy atom. The third kappa shape index (κ3) is 5.03. The molecule has 182 valence electrons. The highest BCUT2D eigenvalue weighted by Crippen LogP contribution is 2.42. The number of carbonyl (C=O) groups is 1. The molecule has 4 rings (SSSR count). The van der Waals surface area contributed by atoms with Gasteiger partial charge in [0.15, 0.2) is 0 Å². The SMILES string of the molecule is C=C1[C@H](O)C[C@H](O[Si](c2ccccc2)(c2ccccc2)C(C)(C)C)[C@H]1COC(=O)c1ccccc1. The maximum Gasteiger partial charge on any atom is 0.338 e. The monoisotopic (exact) mass is 486 g/mol. The average molecular weight is 487 g/mol. The lowest BCUT2D eigenvalue weighted by atomic mass is 10.0. The summed E-state index contributed by atoms with van der Waals surface area (Å²) in [6.45, 7) is 10.9. The Bertz CT molecular complexity index is 1100. The lowest BCUT2D eigenvalue weighted by Crippen LogP contribution is -2.68. The largest absolute Gasteiger partial charge is 0.461 e. The quantitative estimate of drug-likeness (QED) is 0.298. The van der Waals surface area contributed by atoms with E-state index >= 15 is 0 Å². The Morgan fingerprint density at radius 2 is 1.40 bits per heavy atom. The maximum absolute atomic E-state index is 12.6. The van der Waals surface area contributed by atoms with E-state index in [0.717, 1.165) is 0 Å². The molecule has 0 aliphatic heterocycles. The molecule has 0 heterocycles. The summed E-state index contributed by atoms with van der Waals surface area (Å²) in [6, 6.07) is 29.8. The van der Waals surface area contributed by atoms with Crippen LogP contribution in [0.2, 0.25) is 5.04 Å². The van der Waals surface area contributed by atoms with Crippen LogP contribution in [-0.4, -0.2) is 38.2 Å². The van der Waals surface area contributed by atoms with Crippen LogP contribution in [0.4, 0.5) is 0 Å². The zero-order chi connectivity index (χ0) is 25.1. The molecule has 1 N–H and O–H groups in total. The van der Waals surface area contributed by atoms with E-state index in [-0.39, 0.29) is 29.6 Å². The van der Waals surface area contributed by atoms with E-state index in [1.165, 1.54) is 10.4 Å². The van der Waals surface area contributed by atoms with Crippen molar-refractivity contribution < 1.29 is 19.1 Å². The van der Waals surface area contributed by atoms with Crippen LogP contribution in [0.3, 0.4) is 0 Å². The van der Waals surface area contributed by atoms with Crippen molar-refractivity contribution in [2.75, 3.05) is 6.61 Å². The van der Waals surface area contributed by atoms with Crippen molar-refractivity contribution in [1.82, 2.24) is 0 Å². The van der Waals surface area contributed by atoms with Crippen LogP contribution in [0.15, 0.2) is 103 Å². The van der Waals surface area contributed by atoms with Gasteiger partial charge in [-0.3, -0.25) is 0 Å². The normalized spacial score (nSPS) is 20.6. The van der Waals surface area contributed by atoms with Crippen LogP contribution in [0.25, 0.3) is 0 Å². The Morgan fingerprint density at radius 1 is 0.914 bits per heavy atom. The van der Waals surface area contributed by atoms with Gasteiger partial charge in [0.2, 0.25) is 0 Å². The van der Waals surface area contributed by atoms with Crippen molar-refractivity contribution in [3.05, 3.63) is 109 Å². The molecule has 5 heteroatoms. The van der Waals surface area contributed by atoms with Crippen LogP contribution in [-0.2, 0) is 9.16 Å². The van der Waals surface area contributed by atoms with E-state index in [9.17, 15) is 9.90 Å². The Kier molecular flexibility index (Phi) is 7.41. The van der Waals surface area contributed by atoms with Gasteiger partial charge in [-0.2, -0.15) is 0 Å². The highest BCUT2D eigenvalue weighted by Gasteiger charge is 2.53. The molecular weight excluding hydrogens is 452 g/mol. The fourth-order valence-corrected chi connectivity index (χ4v) is 9.84. The zero-order valence-corrected chi connectivity index (χ0v) is 21.7. The van der Waals surface area contributed by atoms with Gasteiger partial charge in [-0.25, -0.2) is 4.79 Å². The predicted molar refractivity (Wildman–Crippen MR) is 142 cm³/mol. The van der Waals surface area contributed by atoms with Crippen LogP contribution in [0, 0.1) is 5.92 Å². The molecule has 3 aromatic rings. The summed E-state index contributed by atoms with van der Waals surface area (Å²) in [5, 5.41) is 12.9. The van der Waals surface area contributed by atoms with Crippen molar-refractivity contribution in [1.29, 1.82) is 0 Å². The number of benzene rings is 3. The van der Waals surface area contributed by atoms with Crippen molar-refractivity contribution in [2.24, 2.45) is 5.92 Å². The molecule has 4 nitrogen and oxygen atoms in total. The first-order valence-electron chi connectivity index (χ1n) is 12.1. The summed E-state index contributed by atoms with van der Waals surface area (Å²) in [7, 11) is -2.83. The molecule has 0 saturated heterocycles. The molecule has 0 aromatic heterocycles. The molecule has 0 bridgehead atoms. The second-order valence-electron chi connectivity index (χ2n) is 10.2. The molecule has 0 radical (unpaired) electrons. The summed E-state index contributed by atoms with van der Waals surface area (Å²) in [5.41, 5.74) is 1.16. The van der Waals surface area contributed by atoms with Gasteiger partial charge in [-0.15, -0.1) is 0 Å². The maximum atomic E-state index is 12.6. The molecule has 1 aliphatic carbocycles. The standard InChI is InChI=1S/C30H34O4Si/c1-22-26(21-33-29(32)23-14-8-5-9-15-23)28(20-27(22)31)34-35(30(2,3)4,24-16-10-6-11-17-24)25-18-12-7-13-19-25/h5-19,26-28,31H,1,20-21H2,2-4H3/t26-,27+,28-/m0/s1. The van der Waals surface area contributed by atoms with E-state index in [4.69, 9.17) is 9.16 Å². The van der Waals surface area contributed by atoms with E-state index in [0.29, 0.717) is 17.6 Å². The van der Waals surface area contributed by atoms with E-state index in [2.05, 4.69) is 75.9 Å². The number of carbonyl (C=O) groups excluding carboxylic acids is 1. The predicted octanol–water partition coefficient (Wildman–Crippen LogP) is 4.73. The highest BCUT2D eigenvalue weighted by atomic mass is 28.4. The first kappa shape index (κ1) is 25.1. The molecule has 3 atom stereocenters. The highest BCUT2D eigenvalue weighted by molar-refractivity contribution is 6.99. The van der Waals surface area contributed by atoms with E-state index < -0.39 is 14.4 Å². The molecule has 1 saturated carbocycles. The fourth-order valence-electron chi connectivity index (χ4n) is 5.11. The molecule has 1 fully saturated rings. The lowest BCUT2D eigenvalue weighted by molar-refractivity contribution is 0.0364. The molecule has 0 spiro atoms. The van der Waals surface area contributed by atoms with Crippen molar-refractivity contribution >= 4 is 24.7 Å². The topological polar surface area (TPSA) is 55.8 Å². The third-order valence-corrected chi connectivity index (χ3v) is 12.0. The number of ether oxygens (including phenoxy) is 1. The lowest BCUT2D eigenvalue weighted by Gasteiger charge is -2.45. The zero-order valence-electron chi connectivity index (χ0n) is 20.7. The number of hydrogen-bond acceptors (Lipinski definition) is 4. The average Bonchev–Trinajstić information content (AvgIpc) is 3.13. The molecular formula is C30H34O4Si. The first-order valence-corrected chi connectivity index (χ1v) is 14.0. The minimum absolute atomic E-state index is 0.118.